The van der Waals surface area contributed by atoms with Gasteiger partial charge in [0.2, 0.25) is 0 Å². The van der Waals surface area contributed by atoms with Gasteiger partial charge in [0.25, 0.3) is 11.8 Å². The minimum Gasteiger partial charge on any atom is -0.353 e. The van der Waals surface area contributed by atoms with Crippen LogP contribution in [0.4, 0.5) is 0 Å². The SMILES string of the molecule is N#CC1(NC(=O)C(CS(=O)(=O)Cc2ccccc2)OC(CS(=O)(=O)Cc2ccccc2)C(=O)NC2(C#N)CC2)CC1. The monoisotopic (exact) mass is 598 g/mol. The summed E-state index contributed by atoms with van der Waals surface area (Å²) in [5.41, 5.74) is -1.41. The van der Waals surface area contributed by atoms with Gasteiger partial charge in [0.15, 0.2) is 31.9 Å². The number of carbonyl (C=O) groups is 2. The van der Waals surface area contributed by atoms with Crippen molar-refractivity contribution in [2.75, 3.05) is 11.5 Å². The minimum absolute atomic E-state index is 0.360. The summed E-state index contributed by atoms with van der Waals surface area (Å²) in [6.07, 6.45) is -2.15. The molecule has 0 radical (unpaired) electrons. The zero-order chi connectivity index (χ0) is 29.7. The van der Waals surface area contributed by atoms with Crippen LogP contribution in [0.15, 0.2) is 60.7 Å². The van der Waals surface area contributed by atoms with Crippen molar-refractivity contribution in [3.63, 3.8) is 0 Å². The highest BCUT2D eigenvalue weighted by Gasteiger charge is 2.48. The van der Waals surface area contributed by atoms with Crippen LogP contribution in [-0.4, -0.2) is 63.4 Å². The molecule has 2 unspecified atom stereocenters. The number of rotatable bonds is 14. The fourth-order valence-corrected chi connectivity index (χ4v) is 7.22. The quantitative estimate of drug-likeness (QED) is 0.324. The molecule has 0 heterocycles. The van der Waals surface area contributed by atoms with E-state index in [1.807, 2.05) is 12.1 Å². The lowest BCUT2D eigenvalue weighted by atomic mass is 10.2. The third-order valence-electron chi connectivity index (χ3n) is 6.84. The van der Waals surface area contributed by atoms with Gasteiger partial charge in [-0.3, -0.25) is 9.59 Å². The zero-order valence-corrected chi connectivity index (χ0v) is 23.8. The highest BCUT2D eigenvalue weighted by Crippen LogP contribution is 2.35. The lowest BCUT2D eigenvalue weighted by Crippen LogP contribution is -2.52. The van der Waals surface area contributed by atoms with Crippen molar-refractivity contribution in [2.45, 2.75) is 60.5 Å². The minimum atomic E-state index is -4.01. The highest BCUT2D eigenvalue weighted by molar-refractivity contribution is 7.91. The number of nitrogens with one attached hydrogen (secondary N) is 2. The molecule has 2 N–H and O–H groups in total. The van der Waals surface area contributed by atoms with Crippen LogP contribution in [-0.2, 0) is 45.5 Å². The maximum Gasteiger partial charge on any atom is 0.251 e. The standard InChI is InChI=1S/C28H30N4O7S2/c29-19-27(11-12-27)31-25(33)23(17-40(35,36)15-21-7-3-1-4-8-21)39-24(26(34)32-28(20-30)13-14-28)18-41(37,38)16-22-9-5-2-6-10-22/h1-10,23-24H,11-18H2,(H,31,33)(H,32,34). The van der Waals surface area contributed by atoms with Crippen molar-refractivity contribution in [2.24, 2.45) is 0 Å². The van der Waals surface area contributed by atoms with Crippen molar-refractivity contribution in [3.05, 3.63) is 71.8 Å². The molecule has 2 atom stereocenters. The van der Waals surface area contributed by atoms with E-state index in [9.17, 15) is 36.9 Å². The molecule has 2 fully saturated rings. The lowest BCUT2D eigenvalue weighted by molar-refractivity contribution is -0.143. The summed E-state index contributed by atoms with van der Waals surface area (Å²) in [6, 6.07) is 20.5. The van der Waals surface area contributed by atoms with Crippen LogP contribution in [0, 0.1) is 22.7 Å². The molecule has 4 rings (SSSR count). The number of hydrogen-bond donors (Lipinski definition) is 2. The van der Waals surface area contributed by atoms with Gasteiger partial charge in [0.1, 0.15) is 11.1 Å². The number of hydrogen-bond acceptors (Lipinski definition) is 9. The normalized spacial score (nSPS) is 18.1. The Morgan fingerprint density at radius 2 is 1.05 bits per heavy atom. The van der Waals surface area contributed by atoms with Crippen molar-refractivity contribution in [1.82, 2.24) is 10.6 Å². The van der Waals surface area contributed by atoms with Crippen LogP contribution >= 0.6 is 0 Å². The fourth-order valence-electron chi connectivity index (χ4n) is 4.20. The van der Waals surface area contributed by atoms with E-state index in [4.69, 9.17) is 4.74 Å². The molecule has 13 heteroatoms. The van der Waals surface area contributed by atoms with Crippen molar-refractivity contribution in [3.8, 4) is 12.1 Å². The molecular formula is C28H30N4O7S2. The Bertz CT molecular complexity index is 1450. The summed E-state index contributed by atoms with van der Waals surface area (Å²) in [6.45, 7) is 0. The van der Waals surface area contributed by atoms with Crippen molar-refractivity contribution >= 4 is 31.5 Å². The molecule has 216 valence electrons. The second-order valence-electron chi connectivity index (χ2n) is 10.6. The Hall–Kier alpha value is -3.78. The first kappa shape index (κ1) is 30.2. The molecule has 2 aliphatic carbocycles. The Balaban J connectivity index is 1.60. The molecule has 0 saturated heterocycles. The molecule has 0 spiro atoms. The Morgan fingerprint density at radius 3 is 1.34 bits per heavy atom. The van der Waals surface area contributed by atoms with Gasteiger partial charge in [-0.25, -0.2) is 16.8 Å². The molecule has 2 amide bonds. The number of benzene rings is 2. The van der Waals surface area contributed by atoms with Crippen LogP contribution in [0.3, 0.4) is 0 Å². The predicted molar refractivity (Wildman–Crippen MR) is 148 cm³/mol. The maximum absolute atomic E-state index is 13.3. The molecule has 2 aromatic carbocycles. The molecule has 2 saturated carbocycles. The van der Waals surface area contributed by atoms with Crippen molar-refractivity contribution in [1.29, 1.82) is 10.5 Å². The molecule has 0 bridgehead atoms. The summed E-state index contributed by atoms with van der Waals surface area (Å²) < 4.78 is 58.3. The summed E-state index contributed by atoms with van der Waals surface area (Å²) in [5.74, 6) is -4.46. The summed E-state index contributed by atoms with van der Waals surface area (Å²) in [4.78, 5) is 26.5. The third kappa shape index (κ3) is 8.60. The summed E-state index contributed by atoms with van der Waals surface area (Å²) in [5, 5.41) is 23.9. The number of nitriles is 2. The lowest BCUT2D eigenvalue weighted by Gasteiger charge is -2.25. The second-order valence-corrected chi connectivity index (χ2v) is 14.8. The molecule has 11 nitrogen and oxygen atoms in total. The average Bonchev–Trinajstić information content (AvgIpc) is 3.86. The Morgan fingerprint density at radius 1 is 0.707 bits per heavy atom. The van der Waals surface area contributed by atoms with E-state index in [0.717, 1.165) is 0 Å². The number of carbonyl (C=O) groups excluding carboxylic acids is 2. The first-order valence-electron chi connectivity index (χ1n) is 13.0. The number of nitrogens with zero attached hydrogens (tertiary/aromatic N) is 2. The highest BCUT2D eigenvalue weighted by atomic mass is 32.2. The largest absolute Gasteiger partial charge is 0.353 e. The molecular weight excluding hydrogens is 568 g/mol. The first-order chi connectivity index (χ1) is 19.4. The van der Waals surface area contributed by atoms with Crippen LogP contribution in [0.5, 0.6) is 0 Å². The Kier molecular flexibility index (Phi) is 8.83. The Labute approximate surface area is 239 Å². The molecule has 2 aromatic rings. The number of ether oxygens (including phenoxy) is 1. The van der Waals surface area contributed by atoms with E-state index in [-0.39, 0.29) is 0 Å². The smallest absolute Gasteiger partial charge is 0.251 e. The van der Waals surface area contributed by atoms with E-state index in [0.29, 0.717) is 36.8 Å². The molecule has 2 aliphatic rings. The molecule has 0 aromatic heterocycles. The predicted octanol–water partition coefficient (Wildman–Crippen LogP) is 1.31. The summed E-state index contributed by atoms with van der Waals surface area (Å²) in [7, 11) is -8.03. The van der Waals surface area contributed by atoms with Crippen LogP contribution in [0.25, 0.3) is 0 Å². The number of sulfone groups is 2. The first-order valence-corrected chi connectivity index (χ1v) is 16.6. The van der Waals surface area contributed by atoms with Gasteiger partial charge < -0.3 is 15.4 Å². The van der Waals surface area contributed by atoms with Crippen LogP contribution in [0.2, 0.25) is 0 Å². The van der Waals surface area contributed by atoms with Gasteiger partial charge in [-0.05, 0) is 36.8 Å². The van der Waals surface area contributed by atoms with E-state index < -0.39 is 77.8 Å². The van der Waals surface area contributed by atoms with Gasteiger partial charge in [-0.2, -0.15) is 10.5 Å². The zero-order valence-electron chi connectivity index (χ0n) is 22.2. The topological polar surface area (TPSA) is 183 Å². The van der Waals surface area contributed by atoms with Crippen molar-refractivity contribution < 1.29 is 31.2 Å². The molecule has 41 heavy (non-hydrogen) atoms. The van der Waals surface area contributed by atoms with Gasteiger partial charge in [-0.15, -0.1) is 0 Å². The van der Waals surface area contributed by atoms with E-state index in [2.05, 4.69) is 10.6 Å². The van der Waals surface area contributed by atoms with Gasteiger partial charge in [0, 0.05) is 0 Å². The second kappa shape index (κ2) is 12.0. The fraction of sp³-hybridized carbons (Fsp3) is 0.429. The maximum atomic E-state index is 13.3. The van der Waals surface area contributed by atoms with Crippen LogP contribution < -0.4 is 10.6 Å². The van der Waals surface area contributed by atoms with E-state index >= 15 is 0 Å². The number of amides is 2. The van der Waals surface area contributed by atoms with E-state index in [1.54, 1.807) is 60.7 Å². The molecule has 0 aliphatic heterocycles. The van der Waals surface area contributed by atoms with Gasteiger partial charge in [0.05, 0.1) is 35.1 Å². The van der Waals surface area contributed by atoms with Gasteiger partial charge in [-0.1, -0.05) is 60.7 Å². The average molecular weight is 599 g/mol. The van der Waals surface area contributed by atoms with E-state index in [1.165, 1.54) is 0 Å². The third-order valence-corrected chi connectivity index (χ3v) is 10.0. The van der Waals surface area contributed by atoms with Crippen LogP contribution in [0.1, 0.15) is 36.8 Å². The van der Waals surface area contributed by atoms with Gasteiger partial charge >= 0.3 is 0 Å². The summed E-state index contributed by atoms with van der Waals surface area (Å²) >= 11 is 0.